The lowest BCUT2D eigenvalue weighted by Crippen LogP contribution is -2.27. The summed E-state index contributed by atoms with van der Waals surface area (Å²) in [6.45, 7) is 9.75. The Morgan fingerprint density at radius 3 is 2.31 bits per heavy atom. The molecule has 0 fully saturated rings. The Morgan fingerprint density at radius 1 is 1.07 bits per heavy atom. The minimum absolute atomic E-state index is 0.0880. The summed E-state index contributed by atoms with van der Waals surface area (Å²) in [4.78, 5) is 24.4. The van der Waals surface area contributed by atoms with Crippen molar-refractivity contribution < 1.29 is 14.3 Å². The summed E-state index contributed by atoms with van der Waals surface area (Å²) in [5, 5.41) is 5.64. The smallest absolute Gasteiger partial charge is 0.262 e. The van der Waals surface area contributed by atoms with Crippen molar-refractivity contribution in [3.05, 3.63) is 52.5 Å². The zero-order chi connectivity index (χ0) is 21.6. The van der Waals surface area contributed by atoms with Gasteiger partial charge in [-0.05, 0) is 64.2 Å². The van der Waals surface area contributed by atoms with Crippen molar-refractivity contribution in [3.63, 3.8) is 0 Å². The van der Waals surface area contributed by atoms with E-state index in [0.29, 0.717) is 23.0 Å². The van der Waals surface area contributed by atoms with Crippen molar-refractivity contribution in [2.75, 3.05) is 17.2 Å². The normalized spacial score (nSPS) is 12.2. The molecule has 0 saturated carbocycles. The van der Waals surface area contributed by atoms with Crippen LogP contribution in [-0.4, -0.2) is 18.4 Å². The summed E-state index contributed by atoms with van der Waals surface area (Å²) in [6, 6.07) is 13.0. The third-order valence-electron chi connectivity index (χ3n) is 4.58. The number of hydrogen-bond acceptors (Lipinski definition) is 3. The van der Waals surface area contributed by atoms with Gasteiger partial charge in [0, 0.05) is 16.8 Å². The highest BCUT2D eigenvalue weighted by Crippen LogP contribution is 2.30. The first-order chi connectivity index (χ1) is 13.6. The Hall–Kier alpha value is -2.34. The van der Waals surface area contributed by atoms with E-state index in [4.69, 9.17) is 4.74 Å². The molecule has 0 bridgehead atoms. The van der Waals surface area contributed by atoms with Crippen LogP contribution in [0.2, 0.25) is 0 Å². The Labute approximate surface area is 181 Å². The number of halogens is 1. The highest BCUT2D eigenvalue weighted by Gasteiger charge is 2.21. The number of rotatable bonds is 7. The molecule has 0 aliphatic rings. The molecule has 5 nitrogen and oxygen atoms in total. The Balaban J connectivity index is 1.94. The second-order valence-electron chi connectivity index (χ2n) is 8.12. The van der Waals surface area contributed by atoms with Crippen molar-refractivity contribution in [3.8, 4) is 5.75 Å². The first-order valence-corrected chi connectivity index (χ1v) is 10.5. The monoisotopic (exact) mass is 460 g/mol. The predicted molar refractivity (Wildman–Crippen MR) is 121 cm³/mol. The standard InChI is InChI=1S/C23H29BrN2O3/c1-6-15(2)16-10-11-20(19(24)12-16)29-14-21(27)25-17-8-7-9-18(13-17)26-22(28)23(3,4)5/h7-13,15H,6,14H2,1-5H3,(H,25,27)(H,26,28). The molecule has 2 N–H and O–H groups in total. The number of carbonyl (C=O) groups is 2. The molecule has 2 rings (SSSR count). The highest BCUT2D eigenvalue weighted by atomic mass is 79.9. The molecule has 1 atom stereocenters. The van der Waals surface area contributed by atoms with Gasteiger partial charge in [0.05, 0.1) is 4.47 Å². The second kappa shape index (κ2) is 9.92. The maximum absolute atomic E-state index is 12.3. The lowest BCUT2D eigenvalue weighted by atomic mass is 9.95. The third-order valence-corrected chi connectivity index (χ3v) is 5.20. The summed E-state index contributed by atoms with van der Waals surface area (Å²) < 4.78 is 6.48. The van der Waals surface area contributed by atoms with Crippen LogP contribution in [0.25, 0.3) is 0 Å². The number of ether oxygens (including phenoxy) is 1. The molecule has 0 saturated heterocycles. The fourth-order valence-electron chi connectivity index (χ4n) is 2.51. The summed E-state index contributed by atoms with van der Waals surface area (Å²) in [7, 11) is 0. The Morgan fingerprint density at radius 2 is 1.72 bits per heavy atom. The average Bonchev–Trinajstić information content (AvgIpc) is 2.65. The van der Waals surface area contributed by atoms with E-state index < -0.39 is 5.41 Å². The second-order valence-corrected chi connectivity index (χ2v) is 8.98. The van der Waals surface area contributed by atoms with Gasteiger partial charge >= 0.3 is 0 Å². The molecule has 2 aromatic rings. The lowest BCUT2D eigenvalue weighted by molar-refractivity contribution is -0.123. The molecule has 0 spiro atoms. The molecule has 0 aliphatic carbocycles. The van der Waals surface area contributed by atoms with Crippen LogP contribution in [-0.2, 0) is 9.59 Å². The van der Waals surface area contributed by atoms with Crippen LogP contribution >= 0.6 is 15.9 Å². The predicted octanol–water partition coefficient (Wildman–Crippen LogP) is 5.96. The van der Waals surface area contributed by atoms with E-state index in [1.165, 1.54) is 5.56 Å². The largest absolute Gasteiger partial charge is 0.483 e. The van der Waals surface area contributed by atoms with Crippen molar-refractivity contribution >= 4 is 39.1 Å². The molecule has 2 aromatic carbocycles. The third kappa shape index (κ3) is 6.89. The fourth-order valence-corrected chi connectivity index (χ4v) is 3.02. The minimum atomic E-state index is -0.495. The molecular weight excluding hydrogens is 432 g/mol. The molecule has 0 aromatic heterocycles. The number of benzene rings is 2. The van der Waals surface area contributed by atoms with Crippen molar-refractivity contribution in [1.82, 2.24) is 0 Å². The SMILES string of the molecule is CCC(C)c1ccc(OCC(=O)Nc2cccc(NC(=O)C(C)(C)C)c2)c(Br)c1. The Bertz CT molecular complexity index is 875. The van der Waals surface area contributed by atoms with Crippen molar-refractivity contribution in [2.24, 2.45) is 5.41 Å². The molecular formula is C23H29BrN2O3. The quantitative estimate of drug-likeness (QED) is 0.534. The first-order valence-electron chi connectivity index (χ1n) is 9.73. The van der Waals surface area contributed by atoms with Crippen LogP contribution in [0.3, 0.4) is 0 Å². The lowest BCUT2D eigenvalue weighted by Gasteiger charge is -2.18. The van der Waals surface area contributed by atoms with E-state index in [-0.39, 0.29) is 18.4 Å². The maximum atomic E-state index is 12.3. The van der Waals surface area contributed by atoms with Gasteiger partial charge in [-0.25, -0.2) is 0 Å². The van der Waals surface area contributed by atoms with Gasteiger partial charge in [-0.2, -0.15) is 0 Å². The Kier molecular flexibility index (Phi) is 7.85. The number of anilines is 2. The van der Waals surface area contributed by atoms with Crippen LogP contribution in [0.15, 0.2) is 46.9 Å². The molecule has 1 unspecified atom stereocenters. The van der Waals surface area contributed by atoms with Crippen LogP contribution in [0.5, 0.6) is 5.75 Å². The van der Waals surface area contributed by atoms with Gasteiger partial charge in [-0.15, -0.1) is 0 Å². The molecule has 156 valence electrons. The van der Waals surface area contributed by atoms with E-state index in [1.807, 2.05) is 39.0 Å². The fraction of sp³-hybridized carbons (Fsp3) is 0.391. The van der Waals surface area contributed by atoms with Crippen LogP contribution in [0.1, 0.15) is 52.5 Å². The van der Waals surface area contributed by atoms with Gasteiger partial charge in [0.2, 0.25) is 5.91 Å². The minimum Gasteiger partial charge on any atom is -0.483 e. The van der Waals surface area contributed by atoms with E-state index in [0.717, 1.165) is 10.9 Å². The van der Waals surface area contributed by atoms with Gasteiger partial charge in [0.15, 0.2) is 6.61 Å². The average molecular weight is 461 g/mol. The van der Waals surface area contributed by atoms with Gasteiger partial charge in [-0.3, -0.25) is 9.59 Å². The topological polar surface area (TPSA) is 67.4 Å². The number of nitrogens with one attached hydrogen (secondary N) is 2. The van der Waals surface area contributed by atoms with E-state index in [1.54, 1.807) is 24.3 Å². The molecule has 0 radical (unpaired) electrons. The van der Waals surface area contributed by atoms with Crippen molar-refractivity contribution in [2.45, 2.75) is 47.0 Å². The van der Waals surface area contributed by atoms with Crippen LogP contribution in [0.4, 0.5) is 11.4 Å². The summed E-state index contributed by atoms with van der Waals surface area (Å²) in [5.41, 5.74) is 1.96. The van der Waals surface area contributed by atoms with E-state index in [9.17, 15) is 9.59 Å². The molecule has 6 heteroatoms. The maximum Gasteiger partial charge on any atom is 0.262 e. The number of carbonyl (C=O) groups excluding carboxylic acids is 2. The van der Waals surface area contributed by atoms with Crippen molar-refractivity contribution in [1.29, 1.82) is 0 Å². The van der Waals surface area contributed by atoms with Gasteiger partial charge in [-0.1, -0.05) is 46.8 Å². The zero-order valence-electron chi connectivity index (χ0n) is 17.6. The number of hydrogen-bond donors (Lipinski definition) is 2. The molecule has 0 heterocycles. The summed E-state index contributed by atoms with van der Waals surface area (Å²) in [6.07, 6.45) is 1.06. The van der Waals surface area contributed by atoms with E-state index >= 15 is 0 Å². The summed E-state index contributed by atoms with van der Waals surface area (Å²) >= 11 is 3.51. The molecule has 29 heavy (non-hydrogen) atoms. The van der Waals surface area contributed by atoms with Gasteiger partial charge in [0.1, 0.15) is 5.75 Å². The number of amides is 2. The summed E-state index contributed by atoms with van der Waals surface area (Å²) in [5.74, 6) is 0.727. The molecule has 2 amide bonds. The zero-order valence-corrected chi connectivity index (χ0v) is 19.2. The van der Waals surface area contributed by atoms with Gasteiger partial charge in [0.25, 0.3) is 5.91 Å². The first kappa shape index (κ1) is 22.9. The highest BCUT2D eigenvalue weighted by molar-refractivity contribution is 9.10. The van der Waals surface area contributed by atoms with Gasteiger partial charge < -0.3 is 15.4 Å². The van der Waals surface area contributed by atoms with Crippen LogP contribution in [0, 0.1) is 5.41 Å². The van der Waals surface area contributed by atoms with Crippen LogP contribution < -0.4 is 15.4 Å². The van der Waals surface area contributed by atoms with E-state index in [2.05, 4.69) is 40.4 Å². The molecule has 0 aliphatic heterocycles.